The minimum Gasteiger partial charge on any atom is -0.356 e. The lowest BCUT2D eigenvalue weighted by atomic mass is 9.85. The van der Waals surface area contributed by atoms with E-state index in [4.69, 9.17) is 0 Å². The Morgan fingerprint density at radius 3 is 2.26 bits per heavy atom. The van der Waals surface area contributed by atoms with Crippen molar-refractivity contribution < 1.29 is 24.0 Å². The van der Waals surface area contributed by atoms with Gasteiger partial charge in [0, 0.05) is 30.6 Å². The third-order valence-corrected chi connectivity index (χ3v) is 8.23. The molecule has 1 aliphatic carbocycles. The molecule has 4 N–H and O–H groups in total. The fourth-order valence-electron chi connectivity index (χ4n) is 6.02. The number of allylic oxidation sites excluding steroid dienone is 1. The number of nitrogens with one attached hydrogen (secondary N) is 4. The van der Waals surface area contributed by atoms with Crippen molar-refractivity contribution >= 4 is 29.5 Å². The van der Waals surface area contributed by atoms with Gasteiger partial charge in [0.25, 0.3) is 0 Å². The topological polar surface area (TPSA) is 137 Å². The Morgan fingerprint density at radius 2 is 1.74 bits per heavy atom. The quantitative estimate of drug-likeness (QED) is 0.347. The number of urea groups is 1. The Kier molecular flexibility index (Phi) is 8.58. The van der Waals surface area contributed by atoms with Gasteiger partial charge in [0.2, 0.25) is 17.7 Å². The monoisotopic (exact) mass is 545 g/mol. The Morgan fingerprint density at radius 1 is 1.10 bits per heavy atom. The number of nitrogens with zero attached hydrogens (tertiary/aromatic N) is 1. The molecule has 2 heterocycles. The number of carbonyl (C=O) groups excluding carboxylic acids is 5. The summed E-state index contributed by atoms with van der Waals surface area (Å²) in [6.07, 6.45) is 4.09. The molecule has 0 unspecified atom stereocenters. The van der Waals surface area contributed by atoms with Crippen LogP contribution in [0.25, 0.3) is 0 Å². The molecular weight excluding hydrogens is 498 g/mol. The fourth-order valence-corrected chi connectivity index (χ4v) is 6.02. The maximum absolute atomic E-state index is 14.0. The van der Waals surface area contributed by atoms with Crippen LogP contribution in [0.1, 0.15) is 75.2 Å². The highest BCUT2D eigenvalue weighted by molar-refractivity contribution is 5.94. The van der Waals surface area contributed by atoms with Gasteiger partial charge in [-0.15, -0.1) is 0 Å². The van der Waals surface area contributed by atoms with Crippen molar-refractivity contribution in [3.05, 3.63) is 12.2 Å². The van der Waals surface area contributed by atoms with E-state index in [0.717, 1.165) is 0 Å². The Labute approximate surface area is 232 Å². The second-order valence-corrected chi connectivity index (χ2v) is 14.1. The molecule has 0 radical (unpaired) electrons. The molecule has 10 nitrogen and oxygen atoms in total. The van der Waals surface area contributed by atoms with Gasteiger partial charge in [0.05, 0.1) is 0 Å². The number of fused-ring (bicyclic) bond motifs is 1. The zero-order chi connectivity index (χ0) is 29.5. The van der Waals surface area contributed by atoms with Crippen LogP contribution < -0.4 is 21.3 Å². The minimum atomic E-state index is -0.841. The summed E-state index contributed by atoms with van der Waals surface area (Å²) in [7, 11) is 0. The molecule has 0 bridgehead atoms. The van der Waals surface area contributed by atoms with E-state index < -0.39 is 35.1 Å². The summed E-state index contributed by atoms with van der Waals surface area (Å²) < 4.78 is 0. The number of amides is 5. The molecule has 39 heavy (non-hydrogen) atoms. The van der Waals surface area contributed by atoms with Crippen LogP contribution in [-0.4, -0.2) is 71.2 Å². The van der Waals surface area contributed by atoms with Gasteiger partial charge in [-0.25, -0.2) is 4.79 Å². The van der Waals surface area contributed by atoms with E-state index in [-0.39, 0.29) is 46.7 Å². The van der Waals surface area contributed by atoms with E-state index in [1.165, 1.54) is 13.0 Å². The van der Waals surface area contributed by atoms with Crippen LogP contribution in [0.3, 0.4) is 0 Å². The first-order valence-corrected chi connectivity index (χ1v) is 14.0. The van der Waals surface area contributed by atoms with Crippen molar-refractivity contribution in [3.63, 3.8) is 0 Å². The molecule has 3 aliphatic rings. The number of hydrogen-bond acceptors (Lipinski definition) is 5. The lowest BCUT2D eigenvalue weighted by molar-refractivity contribution is -0.143. The molecule has 2 saturated heterocycles. The average Bonchev–Trinajstić information content (AvgIpc) is 3.13. The highest BCUT2D eigenvalue weighted by atomic mass is 16.2. The SMILES string of the molecule is CC(=O)/C=C/[C@H](C[C@@H]1CCNC1=O)NC(=O)[C@@H]1[C@@H]2[C@H](CN1C(=O)[C@@H](NC(=O)NC(C)(C)C)C(C)(C)C)C2(C)C. The molecule has 218 valence electrons. The van der Waals surface area contributed by atoms with Crippen LogP contribution in [0.2, 0.25) is 0 Å². The Bertz CT molecular complexity index is 1040. The first-order valence-electron chi connectivity index (χ1n) is 14.0. The maximum atomic E-state index is 14.0. The van der Waals surface area contributed by atoms with Crippen molar-refractivity contribution in [3.8, 4) is 0 Å². The summed E-state index contributed by atoms with van der Waals surface area (Å²) in [5.74, 6) is -0.900. The van der Waals surface area contributed by atoms with Gasteiger partial charge < -0.3 is 26.2 Å². The van der Waals surface area contributed by atoms with E-state index in [2.05, 4.69) is 35.1 Å². The van der Waals surface area contributed by atoms with E-state index in [0.29, 0.717) is 25.9 Å². The molecule has 3 rings (SSSR count). The summed E-state index contributed by atoms with van der Waals surface area (Å²) in [6, 6.07) is -2.51. The molecule has 2 aliphatic heterocycles. The highest BCUT2D eigenvalue weighted by Crippen LogP contribution is 2.65. The number of rotatable bonds is 8. The van der Waals surface area contributed by atoms with Crippen LogP contribution in [-0.2, 0) is 19.2 Å². The molecule has 5 amide bonds. The van der Waals surface area contributed by atoms with Crippen LogP contribution in [0.4, 0.5) is 4.79 Å². The second-order valence-electron chi connectivity index (χ2n) is 14.1. The summed E-state index contributed by atoms with van der Waals surface area (Å²) in [4.78, 5) is 66.1. The summed E-state index contributed by atoms with van der Waals surface area (Å²) in [6.45, 7) is 17.9. The standard InChI is InChI=1S/C29H47N5O5/c1-16(35)10-11-18(14-17-12-13-30-23(17)36)31-24(37)21-20-19(29(20,8)9)15-34(21)25(38)22(27(2,3)4)32-26(39)33-28(5,6)7/h10-11,17-22H,12-15H2,1-9H3,(H,30,36)(H,31,37)(H2,32,33,39)/b11-10+/t17-,18+,19-,20-,21-,22+/m0/s1. The number of piperidine rings is 1. The number of ketones is 1. The van der Waals surface area contributed by atoms with Gasteiger partial charge in [-0.2, -0.15) is 0 Å². The van der Waals surface area contributed by atoms with Crippen molar-refractivity contribution in [1.29, 1.82) is 0 Å². The van der Waals surface area contributed by atoms with E-state index in [1.54, 1.807) is 11.0 Å². The Hall–Kier alpha value is -2.91. The fraction of sp³-hybridized carbons (Fsp3) is 0.759. The van der Waals surface area contributed by atoms with Gasteiger partial charge in [-0.05, 0) is 69.3 Å². The third-order valence-electron chi connectivity index (χ3n) is 8.23. The number of likely N-dealkylation sites (tertiary alicyclic amines) is 1. The van der Waals surface area contributed by atoms with Gasteiger partial charge in [-0.3, -0.25) is 19.2 Å². The van der Waals surface area contributed by atoms with Crippen LogP contribution in [0.15, 0.2) is 12.2 Å². The van der Waals surface area contributed by atoms with Crippen molar-refractivity contribution in [1.82, 2.24) is 26.2 Å². The summed E-state index contributed by atoms with van der Waals surface area (Å²) in [5, 5.41) is 11.6. The molecule has 6 atom stereocenters. The molecule has 1 saturated carbocycles. The predicted molar refractivity (Wildman–Crippen MR) is 148 cm³/mol. The number of carbonyl (C=O) groups is 5. The average molecular weight is 546 g/mol. The van der Waals surface area contributed by atoms with E-state index >= 15 is 0 Å². The third kappa shape index (κ3) is 7.19. The van der Waals surface area contributed by atoms with Gasteiger partial charge in [-0.1, -0.05) is 40.7 Å². The minimum absolute atomic E-state index is 0.0160. The van der Waals surface area contributed by atoms with E-state index in [9.17, 15) is 24.0 Å². The van der Waals surface area contributed by atoms with Crippen molar-refractivity contribution in [2.75, 3.05) is 13.1 Å². The van der Waals surface area contributed by atoms with Gasteiger partial charge in [0.15, 0.2) is 5.78 Å². The lowest BCUT2D eigenvalue weighted by Crippen LogP contribution is -2.61. The van der Waals surface area contributed by atoms with E-state index in [1.807, 2.05) is 41.5 Å². The molecule has 0 spiro atoms. The zero-order valence-electron chi connectivity index (χ0n) is 24.9. The largest absolute Gasteiger partial charge is 0.356 e. The van der Waals surface area contributed by atoms with Crippen molar-refractivity contribution in [2.45, 2.75) is 98.8 Å². The maximum Gasteiger partial charge on any atom is 0.315 e. The first kappa shape index (κ1) is 30.6. The van der Waals surface area contributed by atoms with Crippen LogP contribution in [0, 0.1) is 28.6 Å². The molecule has 0 aromatic carbocycles. The smallest absolute Gasteiger partial charge is 0.315 e. The number of hydrogen-bond donors (Lipinski definition) is 4. The first-order chi connectivity index (χ1) is 17.8. The van der Waals surface area contributed by atoms with Gasteiger partial charge >= 0.3 is 6.03 Å². The van der Waals surface area contributed by atoms with Gasteiger partial charge in [0.1, 0.15) is 12.1 Å². The molecule has 0 aromatic heterocycles. The molecule has 10 heteroatoms. The molecular formula is C29H47N5O5. The van der Waals surface area contributed by atoms with Crippen molar-refractivity contribution in [2.24, 2.45) is 28.6 Å². The normalized spacial score (nSPS) is 27.4. The molecule has 0 aromatic rings. The predicted octanol–water partition coefficient (Wildman–Crippen LogP) is 2.14. The lowest BCUT2D eigenvalue weighted by Gasteiger charge is -2.38. The Balaban J connectivity index is 1.84. The zero-order valence-corrected chi connectivity index (χ0v) is 24.9. The summed E-state index contributed by atoms with van der Waals surface area (Å²) in [5.41, 5.74) is -1.17. The van der Waals surface area contributed by atoms with Crippen LogP contribution in [0.5, 0.6) is 0 Å². The summed E-state index contributed by atoms with van der Waals surface area (Å²) >= 11 is 0. The second kappa shape index (κ2) is 10.9. The molecule has 3 fully saturated rings. The van der Waals surface area contributed by atoms with Crippen LogP contribution >= 0.6 is 0 Å². The highest BCUT2D eigenvalue weighted by Gasteiger charge is 2.69.